The summed E-state index contributed by atoms with van der Waals surface area (Å²) in [7, 11) is 0. The molecule has 1 fully saturated rings. The molecule has 1 heteroatoms. The summed E-state index contributed by atoms with van der Waals surface area (Å²) in [6.45, 7) is 12.3. The van der Waals surface area contributed by atoms with E-state index >= 15 is 0 Å². The van der Waals surface area contributed by atoms with Crippen LogP contribution in [0.15, 0.2) is 36.4 Å². The van der Waals surface area contributed by atoms with Gasteiger partial charge in [-0.05, 0) is 35.2 Å². The predicted molar refractivity (Wildman–Crippen MR) is 99.1 cm³/mol. The smallest absolute Gasteiger partial charge is 0.0998 e. The van der Waals surface area contributed by atoms with Gasteiger partial charge in [-0.15, -0.1) is 0 Å². The second-order valence-corrected chi connectivity index (χ2v) is 4.94. The van der Waals surface area contributed by atoms with Crippen LogP contribution in [0.5, 0.6) is 0 Å². The SMILES string of the molecule is CC.CC.CCC1CC1.Cc1ccc(C#N)c2ccccc12. The first-order valence-corrected chi connectivity index (χ1v) is 8.64. The molecule has 1 saturated carbocycles. The number of aryl methyl sites for hydroxylation is 1. The van der Waals surface area contributed by atoms with E-state index in [1.54, 1.807) is 0 Å². The topological polar surface area (TPSA) is 23.8 Å². The molecule has 0 bridgehead atoms. The Hall–Kier alpha value is -1.81. The van der Waals surface area contributed by atoms with E-state index in [4.69, 9.17) is 5.26 Å². The van der Waals surface area contributed by atoms with Gasteiger partial charge in [0.1, 0.15) is 0 Å². The van der Waals surface area contributed by atoms with Gasteiger partial charge in [-0.2, -0.15) is 5.26 Å². The maximum atomic E-state index is 8.88. The number of fused-ring (bicyclic) bond motifs is 1. The molecule has 0 atom stereocenters. The quantitative estimate of drug-likeness (QED) is 0.563. The minimum atomic E-state index is 0.751. The van der Waals surface area contributed by atoms with Crippen LogP contribution in [0.25, 0.3) is 10.8 Å². The Labute approximate surface area is 137 Å². The van der Waals surface area contributed by atoms with Gasteiger partial charge in [0.05, 0.1) is 11.6 Å². The van der Waals surface area contributed by atoms with Gasteiger partial charge in [0, 0.05) is 0 Å². The van der Waals surface area contributed by atoms with Crippen molar-refractivity contribution in [2.75, 3.05) is 0 Å². The van der Waals surface area contributed by atoms with E-state index in [9.17, 15) is 0 Å². The number of rotatable bonds is 1. The summed E-state index contributed by atoms with van der Waals surface area (Å²) in [5, 5.41) is 11.1. The minimum absolute atomic E-state index is 0.751. The molecule has 2 aromatic rings. The van der Waals surface area contributed by atoms with Crippen LogP contribution in [-0.4, -0.2) is 0 Å². The van der Waals surface area contributed by atoms with Crippen molar-refractivity contribution in [3.8, 4) is 6.07 Å². The number of hydrogen-bond acceptors (Lipinski definition) is 1. The summed E-state index contributed by atoms with van der Waals surface area (Å²) in [6, 6.07) is 14.0. The van der Waals surface area contributed by atoms with E-state index in [2.05, 4.69) is 19.9 Å². The Morgan fingerprint density at radius 2 is 1.50 bits per heavy atom. The third-order valence-corrected chi connectivity index (χ3v) is 3.54. The van der Waals surface area contributed by atoms with E-state index in [-0.39, 0.29) is 0 Å². The fraction of sp³-hybridized carbons (Fsp3) is 0.476. The number of nitriles is 1. The first-order valence-electron chi connectivity index (χ1n) is 8.64. The summed E-state index contributed by atoms with van der Waals surface area (Å²) in [6.07, 6.45) is 4.44. The molecule has 0 heterocycles. The van der Waals surface area contributed by atoms with E-state index in [0.717, 1.165) is 16.9 Å². The van der Waals surface area contributed by atoms with Gasteiger partial charge < -0.3 is 0 Å². The fourth-order valence-corrected chi connectivity index (χ4v) is 2.07. The van der Waals surface area contributed by atoms with Crippen molar-refractivity contribution in [1.29, 1.82) is 5.26 Å². The van der Waals surface area contributed by atoms with E-state index in [1.807, 2.05) is 64.1 Å². The van der Waals surface area contributed by atoms with Crippen LogP contribution < -0.4 is 0 Å². The maximum absolute atomic E-state index is 8.88. The van der Waals surface area contributed by atoms with Crippen LogP contribution >= 0.6 is 0 Å². The first-order chi connectivity index (χ1) is 10.8. The Kier molecular flexibility index (Phi) is 10.8. The molecule has 2 aromatic carbocycles. The molecule has 22 heavy (non-hydrogen) atoms. The van der Waals surface area contributed by atoms with Crippen molar-refractivity contribution in [3.63, 3.8) is 0 Å². The van der Waals surface area contributed by atoms with Crippen LogP contribution in [0.2, 0.25) is 0 Å². The molecule has 0 aliphatic heterocycles. The highest BCUT2D eigenvalue weighted by molar-refractivity contribution is 5.90. The molecular formula is C21H31N. The van der Waals surface area contributed by atoms with Crippen LogP contribution in [0.1, 0.15) is 65.0 Å². The normalized spacial score (nSPS) is 11.7. The van der Waals surface area contributed by atoms with Crippen LogP contribution in [0.3, 0.4) is 0 Å². The molecule has 120 valence electrons. The zero-order valence-electron chi connectivity index (χ0n) is 15.1. The fourth-order valence-electron chi connectivity index (χ4n) is 2.07. The molecule has 0 N–H and O–H groups in total. The van der Waals surface area contributed by atoms with Crippen LogP contribution in [-0.2, 0) is 0 Å². The highest BCUT2D eigenvalue weighted by Crippen LogP contribution is 2.31. The van der Waals surface area contributed by atoms with Crippen molar-refractivity contribution in [3.05, 3.63) is 47.5 Å². The van der Waals surface area contributed by atoms with Gasteiger partial charge in [-0.1, -0.05) is 84.2 Å². The molecule has 0 amide bonds. The van der Waals surface area contributed by atoms with Crippen molar-refractivity contribution in [1.82, 2.24) is 0 Å². The monoisotopic (exact) mass is 297 g/mol. The highest BCUT2D eigenvalue weighted by Gasteiger charge is 2.17. The van der Waals surface area contributed by atoms with Crippen molar-refractivity contribution < 1.29 is 0 Å². The lowest BCUT2D eigenvalue weighted by molar-refractivity contribution is 0.799. The summed E-state index contributed by atoms with van der Waals surface area (Å²) in [5.74, 6) is 1.13. The molecule has 1 nitrogen and oxygen atoms in total. The molecule has 0 spiro atoms. The Morgan fingerprint density at radius 3 is 1.91 bits per heavy atom. The molecular weight excluding hydrogens is 266 g/mol. The van der Waals surface area contributed by atoms with Gasteiger partial charge in [0.2, 0.25) is 0 Å². The van der Waals surface area contributed by atoms with Gasteiger partial charge in [0.25, 0.3) is 0 Å². The summed E-state index contributed by atoms with van der Waals surface area (Å²) in [4.78, 5) is 0. The first kappa shape index (κ1) is 20.2. The average molecular weight is 297 g/mol. The lowest BCUT2D eigenvalue weighted by atomic mass is 10.0. The Morgan fingerprint density at radius 1 is 0.955 bits per heavy atom. The third kappa shape index (κ3) is 6.31. The van der Waals surface area contributed by atoms with Crippen molar-refractivity contribution in [2.24, 2.45) is 5.92 Å². The number of nitrogens with zero attached hydrogens (tertiary/aromatic N) is 1. The molecule has 1 aliphatic carbocycles. The molecule has 0 radical (unpaired) electrons. The standard InChI is InChI=1S/C12H9N.C5H10.2C2H6/c1-9-6-7-10(8-13)12-5-3-2-4-11(9)12;1-2-5-3-4-5;2*1-2/h2-7H,1H3;5H,2-4H2,1H3;2*1-2H3. The summed E-state index contributed by atoms with van der Waals surface area (Å²) < 4.78 is 0. The van der Waals surface area contributed by atoms with Gasteiger partial charge >= 0.3 is 0 Å². The van der Waals surface area contributed by atoms with Gasteiger partial charge in [0.15, 0.2) is 0 Å². The van der Waals surface area contributed by atoms with Crippen LogP contribution in [0, 0.1) is 24.2 Å². The second kappa shape index (κ2) is 11.8. The van der Waals surface area contributed by atoms with Gasteiger partial charge in [-0.3, -0.25) is 0 Å². The molecule has 0 unspecified atom stereocenters. The largest absolute Gasteiger partial charge is 0.192 e. The Bertz CT molecular complexity index is 574. The molecule has 1 aliphatic rings. The molecule has 3 rings (SSSR count). The molecule has 0 saturated heterocycles. The molecule has 0 aromatic heterocycles. The van der Waals surface area contributed by atoms with Crippen molar-refractivity contribution >= 4 is 10.8 Å². The zero-order chi connectivity index (χ0) is 17.0. The average Bonchev–Trinajstić information content (AvgIpc) is 3.44. The third-order valence-electron chi connectivity index (χ3n) is 3.54. The lowest BCUT2D eigenvalue weighted by Gasteiger charge is -2.02. The second-order valence-electron chi connectivity index (χ2n) is 4.94. The van der Waals surface area contributed by atoms with Crippen molar-refractivity contribution in [2.45, 2.75) is 60.8 Å². The zero-order valence-corrected chi connectivity index (χ0v) is 15.1. The number of hydrogen-bond donors (Lipinski definition) is 0. The van der Waals surface area contributed by atoms with Gasteiger partial charge in [-0.25, -0.2) is 0 Å². The summed E-state index contributed by atoms with van der Waals surface area (Å²) in [5.41, 5.74) is 1.97. The maximum Gasteiger partial charge on any atom is 0.0998 e. The predicted octanol–water partition coefficient (Wildman–Crippen LogP) is 6.88. The van der Waals surface area contributed by atoms with E-state index < -0.39 is 0 Å². The highest BCUT2D eigenvalue weighted by atomic mass is 14.2. The van der Waals surface area contributed by atoms with E-state index in [0.29, 0.717) is 0 Å². The minimum Gasteiger partial charge on any atom is -0.192 e. The lowest BCUT2D eigenvalue weighted by Crippen LogP contribution is -1.82. The Balaban J connectivity index is 0.000000409. The summed E-state index contributed by atoms with van der Waals surface area (Å²) >= 11 is 0. The van der Waals surface area contributed by atoms with E-state index in [1.165, 1.54) is 30.2 Å². The number of benzene rings is 2. The van der Waals surface area contributed by atoms with Crippen LogP contribution in [0.4, 0.5) is 0 Å².